The van der Waals surface area contributed by atoms with Crippen LogP contribution in [0.25, 0.3) is 10.9 Å². The first-order chi connectivity index (χ1) is 11.7. The van der Waals surface area contributed by atoms with Gasteiger partial charge in [0.2, 0.25) is 5.91 Å². The molecule has 0 radical (unpaired) electrons. The molecule has 1 amide bonds. The Morgan fingerprint density at radius 2 is 2.04 bits per heavy atom. The van der Waals surface area contributed by atoms with Crippen molar-refractivity contribution in [3.8, 4) is 5.75 Å². The number of pyridine rings is 2. The molecule has 1 unspecified atom stereocenters. The molecule has 0 saturated carbocycles. The Hall–Kier alpha value is -2.95. The maximum Gasteiger partial charge on any atom is 0.220 e. The summed E-state index contributed by atoms with van der Waals surface area (Å²) >= 11 is 0. The van der Waals surface area contributed by atoms with Crippen LogP contribution in [0.2, 0.25) is 0 Å². The van der Waals surface area contributed by atoms with Crippen LogP contribution in [0.1, 0.15) is 36.9 Å². The Morgan fingerprint density at radius 3 is 2.79 bits per heavy atom. The van der Waals surface area contributed by atoms with Crippen molar-refractivity contribution in [2.24, 2.45) is 0 Å². The Labute approximate surface area is 140 Å². The molecule has 1 aromatic carbocycles. The van der Waals surface area contributed by atoms with Gasteiger partial charge >= 0.3 is 0 Å². The van der Waals surface area contributed by atoms with Crippen LogP contribution in [0.4, 0.5) is 0 Å². The molecule has 3 aromatic rings. The first-order valence-electron chi connectivity index (χ1n) is 7.96. The predicted octanol–water partition coefficient (Wildman–Crippen LogP) is 3.34. The second-order valence-electron chi connectivity index (χ2n) is 5.62. The summed E-state index contributed by atoms with van der Waals surface area (Å²) in [5.74, 6) is 0.0191. The molecule has 0 fully saturated rings. The van der Waals surface area contributed by atoms with Gasteiger partial charge < -0.3 is 10.4 Å². The molecule has 122 valence electrons. The van der Waals surface area contributed by atoms with Gasteiger partial charge in [-0.2, -0.15) is 0 Å². The number of benzene rings is 1. The van der Waals surface area contributed by atoms with Crippen LogP contribution in [-0.4, -0.2) is 21.0 Å². The van der Waals surface area contributed by atoms with Gasteiger partial charge in [0.25, 0.3) is 0 Å². The van der Waals surface area contributed by atoms with Gasteiger partial charge in [0.1, 0.15) is 11.3 Å². The zero-order valence-electron chi connectivity index (χ0n) is 13.4. The highest BCUT2D eigenvalue weighted by Gasteiger charge is 2.21. The monoisotopic (exact) mass is 321 g/mol. The van der Waals surface area contributed by atoms with E-state index in [9.17, 15) is 9.90 Å². The molecule has 1 atom stereocenters. The number of carbonyl (C=O) groups excluding carboxylic acids is 1. The van der Waals surface area contributed by atoms with Crippen molar-refractivity contribution in [2.45, 2.75) is 25.8 Å². The van der Waals surface area contributed by atoms with Crippen molar-refractivity contribution in [3.63, 3.8) is 0 Å². The molecule has 2 heterocycles. The molecule has 5 heteroatoms. The number of hydrogen-bond donors (Lipinski definition) is 2. The van der Waals surface area contributed by atoms with Crippen molar-refractivity contribution >= 4 is 16.8 Å². The molecule has 3 rings (SSSR count). The van der Waals surface area contributed by atoms with E-state index in [0.29, 0.717) is 17.5 Å². The van der Waals surface area contributed by atoms with E-state index in [0.717, 1.165) is 17.4 Å². The van der Waals surface area contributed by atoms with Crippen LogP contribution in [0.15, 0.2) is 55.0 Å². The fourth-order valence-corrected chi connectivity index (χ4v) is 2.73. The number of nitrogens with zero attached hydrogens (tertiary/aromatic N) is 2. The first-order valence-corrected chi connectivity index (χ1v) is 7.96. The van der Waals surface area contributed by atoms with Crippen LogP contribution >= 0.6 is 0 Å². The number of carbonyl (C=O) groups is 1. The number of phenolic OH excluding ortho intramolecular Hbond substituents is 1. The molecule has 0 spiro atoms. The average Bonchev–Trinajstić information content (AvgIpc) is 2.62. The average molecular weight is 321 g/mol. The highest BCUT2D eigenvalue weighted by atomic mass is 16.3. The lowest BCUT2D eigenvalue weighted by Gasteiger charge is -2.21. The minimum absolute atomic E-state index is 0.0631. The van der Waals surface area contributed by atoms with Crippen LogP contribution in [-0.2, 0) is 4.79 Å². The molecule has 0 aliphatic heterocycles. The van der Waals surface area contributed by atoms with Crippen molar-refractivity contribution in [1.29, 1.82) is 0 Å². The largest absolute Gasteiger partial charge is 0.505 e. The fourth-order valence-electron chi connectivity index (χ4n) is 2.73. The summed E-state index contributed by atoms with van der Waals surface area (Å²) in [4.78, 5) is 20.5. The maximum atomic E-state index is 12.1. The Morgan fingerprint density at radius 1 is 1.21 bits per heavy atom. The topological polar surface area (TPSA) is 75.1 Å². The number of aromatic hydroxyl groups is 1. The van der Waals surface area contributed by atoms with E-state index < -0.39 is 6.04 Å². The van der Waals surface area contributed by atoms with E-state index in [2.05, 4.69) is 15.3 Å². The van der Waals surface area contributed by atoms with Gasteiger partial charge in [-0.25, -0.2) is 0 Å². The normalized spacial score (nSPS) is 12.0. The van der Waals surface area contributed by atoms with E-state index in [1.165, 1.54) is 0 Å². The molecule has 0 bridgehead atoms. The van der Waals surface area contributed by atoms with Crippen molar-refractivity contribution in [2.75, 3.05) is 0 Å². The summed E-state index contributed by atoms with van der Waals surface area (Å²) in [5.41, 5.74) is 1.94. The summed E-state index contributed by atoms with van der Waals surface area (Å²) in [6.45, 7) is 1.95. The van der Waals surface area contributed by atoms with Crippen LogP contribution < -0.4 is 5.32 Å². The molecule has 2 aromatic heterocycles. The Kier molecular flexibility index (Phi) is 4.70. The Bertz CT molecular complexity index is 850. The molecular formula is C19H19N3O2. The molecular weight excluding hydrogens is 302 g/mol. The van der Waals surface area contributed by atoms with Crippen molar-refractivity contribution in [1.82, 2.24) is 15.3 Å². The molecule has 0 aliphatic rings. The summed E-state index contributed by atoms with van der Waals surface area (Å²) in [7, 11) is 0. The molecule has 2 N–H and O–H groups in total. The second-order valence-corrected chi connectivity index (χ2v) is 5.62. The third-order valence-corrected chi connectivity index (χ3v) is 3.89. The van der Waals surface area contributed by atoms with E-state index in [-0.39, 0.29) is 11.7 Å². The summed E-state index contributed by atoms with van der Waals surface area (Å²) in [5, 5.41) is 14.5. The quantitative estimate of drug-likeness (QED) is 0.756. The first kappa shape index (κ1) is 15.9. The van der Waals surface area contributed by atoms with Gasteiger partial charge in [-0.05, 0) is 24.1 Å². The molecule has 5 nitrogen and oxygen atoms in total. The number of fused-ring (bicyclic) bond motifs is 1. The number of aromatic nitrogens is 2. The molecule has 0 saturated heterocycles. The number of phenols is 1. The van der Waals surface area contributed by atoms with Gasteiger partial charge in [0.05, 0.1) is 6.04 Å². The predicted molar refractivity (Wildman–Crippen MR) is 92.5 cm³/mol. The maximum absolute atomic E-state index is 12.1. The van der Waals surface area contributed by atoms with Crippen molar-refractivity contribution in [3.05, 3.63) is 66.1 Å². The van der Waals surface area contributed by atoms with Crippen LogP contribution in [0.3, 0.4) is 0 Å². The Balaban J connectivity index is 2.08. The van der Waals surface area contributed by atoms with E-state index in [4.69, 9.17) is 0 Å². The highest BCUT2D eigenvalue weighted by molar-refractivity contribution is 5.86. The van der Waals surface area contributed by atoms with Gasteiger partial charge in [-0.15, -0.1) is 0 Å². The van der Waals surface area contributed by atoms with E-state index in [1.54, 1.807) is 18.6 Å². The zero-order valence-corrected chi connectivity index (χ0v) is 13.4. The summed E-state index contributed by atoms with van der Waals surface area (Å²) < 4.78 is 0. The van der Waals surface area contributed by atoms with Gasteiger partial charge in [0, 0.05) is 36.0 Å². The number of rotatable bonds is 5. The van der Waals surface area contributed by atoms with Gasteiger partial charge in [-0.3, -0.25) is 14.8 Å². The lowest BCUT2D eigenvalue weighted by molar-refractivity contribution is -0.121. The minimum atomic E-state index is -0.468. The fraction of sp³-hybridized carbons (Fsp3) is 0.211. The standard InChI is InChI=1S/C19H19N3O2/c1-2-5-16(23)22-17(14-7-3-10-20-12-14)15-9-8-13-6-4-11-21-18(13)19(15)24/h3-4,6-12,17,24H,2,5H2,1H3,(H,22,23). The third kappa shape index (κ3) is 3.20. The number of amides is 1. The van der Waals surface area contributed by atoms with Gasteiger partial charge in [0.15, 0.2) is 0 Å². The SMILES string of the molecule is CCCC(=O)NC(c1cccnc1)c1ccc2cccnc2c1O. The lowest BCUT2D eigenvalue weighted by Crippen LogP contribution is -2.29. The molecule has 0 aliphatic carbocycles. The minimum Gasteiger partial charge on any atom is -0.505 e. The summed E-state index contributed by atoms with van der Waals surface area (Å²) in [6.07, 6.45) is 6.20. The third-order valence-electron chi connectivity index (χ3n) is 3.89. The molecule has 24 heavy (non-hydrogen) atoms. The summed E-state index contributed by atoms with van der Waals surface area (Å²) in [6, 6.07) is 10.7. The van der Waals surface area contributed by atoms with Gasteiger partial charge in [-0.1, -0.05) is 31.2 Å². The zero-order chi connectivity index (χ0) is 16.9. The van der Waals surface area contributed by atoms with E-state index >= 15 is 0 Å². The van der Waals surface area contributed by atoms with Crippen molar-refractivity contribution < 1.29 is 9.90 Å². The van der Waals surface area contributed by atoms with Crippen LogP contribution in [0, 0.1) is 0 Å². The lowest BCUT2D eigenvalue weighted by atomic mass is 9.97. The number of nitrogens with one attached hydrogen (secondary N) is 1. The second kappa shape index (κ2) is 7.08. The highest BCUT2D eigenvalue weighted by Crippen LogP contribution is 2.34. The smallest absolute Gasteiger partial charge is 0.220 e. The van der Waals surface area contributed by atoms with Crippen LogP contribution in [0.5, 0.6) is 5.75 Å². The number of hydrogen-bond acceptors (Lipinski definition) is 4. The van der Waals surface area contributed by atoms with E-state index in [1.807, 2.05) is 43.3 Å².